The minimum absolute atomic E-state index is 0.334. The van der Waals surface area contributed by atoms with E-state index in [1.54, 1.807) is 0 Å². The molecule has 1 aromatic carbocycles. The first-order chi connectivity index (χ1) is 7.77. The van der Waals surface area contributed by atoms with Gasteiger partial charge >= 0.3 is 0 Å². The molecule has 86 valence electrons. The Balaban J connectivity index is 2.58. The van der Waals surface area contributed by atoms with E-state index in [1.165, 1.54) is 12.0 Å². The molecule has 0 aliphatic heterocycles. The molecule has 2 unspecified atom stereocenters. The molecule has 0 aromatic heterocycles. The average molecular weight is 233 g/mol. The predicted octanol–water partition coefficient (Wildman–Crippen LogP) is 4.42. The van der Waals surface area contributed by atoms with Crippen molar-refractivity contribution in [1.82, 2.24) is 0 Å². The molecule has 2 heteroatoms. The first-order valence-electron chi connectivity index (χ1n) is 5.81. The fraction of sp³-hybridized carbons (Fsp3) is 0.500. The van der Waals surface area contributed by atoms with Crippen molar-refractivity contribution in [2.24, 2.45) is 5.92 Å². The lowest BCUT2D eigenvalue weighted by Gasteiger charge is -2.16. The van der Waals surface area contributed by atoms with Crippen molar-refractivity contribution < 1.29 is 0 Å². The van der Waals surface area contributed by atoms with Crippen molar-refractivity contribution in [3.63, 3.8) is 0 Å². The normalized spacial score (nSPS) is 14.1. The van der Waals surface area contributed by atoms with Gasteiger partial charge in [0.15, 0.2) is 0 Å². The Morgan fingerprint density at radius 1 is 1.31 bits per heavy atom. The van der Waals surface area contributed by atoms with Gasteiger partial charge in [-0.3, -0.25) is 0 Å². The molecule has 2 atom stereocenters. The molecule has 0 aliphatic rings. The second-order valence-corrected chi connectivity index (χ2v) is 5.34. The molecule has 0 fully saturated rings. The Bertz CT molecular complexity index is 328. The van der Waals surface area contributed by atoms with Crippen molar-refractivity contribution in [3.8, 4) is 6.07 Å². The van der Waals surface area contributed by atoms with Crippen LogP contribution in [0.3, 0.4) is 0 Å². The van der Waals surface area contributed by atoms with E-state index in [4.69, 9.17) is 5.26 Å². The zero-order valence-electron chi connectivity index (χ0n) is 10.0. The third kappa shape index (κ3) is 4.28. The minimum atomic E-state index is 0.334. The molecule has 0 saturated carbocycles. The maximum Gasteiger partial charge on any atom is 0.0636 e. The van der Waals surface area contributed by atoms with Crippen LogP contribution in [0.4, 0.5) is 0 Å². The van der Waals surface area contributed by atoms with E-state index in [0.29, 0.717) is 11.7 Å². The second kappa shape index (κ2) is 7.35. The van der Waals surface area contributed by atoms with Gasteiger partial charge in [0, 0.05) is 5.25 Å². The van der Waals surface area contributed by atoms with Gasteiger partial charge in [0.05, 0.1) is 12.5 Å². The summed E-state index contributed by atoms with van der Waals surface area (Å²) < 4.78 is 0. The molecule has 1 aromatic rings. The third-order valence-electron chi connectivity index (χ3n) is 2.73. The van der Waals surface area contributed by atoms with Crippen LogP contribution in [0, 0.1) is 17.2 Å². The maximum absolute atomic E-state index is 8.86. The van der Waals surface area contributed by atoms with Crippen LogP contribution in [0.2, 0.25) is 0 Å². The molecule has 1 rings (SSSR count). The van der Waals surface area contributed by atoms with Crippen molar-refractivity contribution in [2.45, 2.75) is 31.9 Å². The van der Waals surface area contributed by atoms with E-state index >= 15 is 0 Å². The summed E-state index contributed by atoms with van der Waals surface area (Å²) in [5.74, 6) is 1.87. The quantitative estimate of drug-likeness (QED) is 0.726. The van der Waals surface area contributed by atoms with Crippen LogP contribution < -0.4 is 0 Å². The summed E-state index contributed by atoms with van der Waals surface area (Å²) in [6, 6.07) is 12.6. The fourth-order valence-corrected chi connectivity index (χ4v) is 2.76. The summed E-state index contributed by atoms with van der Waals surface area (Å²) in [7, 11) is 0. The molecule has 0 bridgehead atoms. The monoisotopic (exact) mass is 233 g/mol. The number of thioether (sulfide) groups is 1. The van der Waals surface area contributed by atoms with E-state index in [9.17, 15) is 0 Å². The number of hydrogen-bond acceptors (Lipinski definition) is 2. The second-order valence-electron chi connectivity index (χ2n) is 4.11. The SMILES string of the molecule is CCC(C)CSC(CC#N)c1ccccc1. The molecular weight excluding hydrogens is 214 g/mol. The van der Waals surface area contributed by atoms with Crippen LogP contribution in [0.1, 0.15) is 37.5 Å². The molecule has 0 N–H and O–H groups in total. The van der Waals surface area contributed by atoms with Crippen LogP contribution in [0.25, 0.3) is 0 Å². The first-order valence-corrected chi connectivity index (χ1v) is 6.86. The highest BCUT2D eigenvalue weighted by Crippen LogP contribution is 2.33. The Morgan fingerprint density at radius 2 is 2.00 bits per heavy atom. The molecular formula is C14H19NS. The van der Waals surface area contributed by atoms with Gasteiger partial charge in [0.1, 0.15) is 0 Å². The van der Waals surface area contributed by atoms with E-state index < -0.39 is 0 Å². The van der Waals surface area contributed by atoms with E-state index in [0.717, 1.165) is 11.7 Å². The van der Waals surface area contributed by atoms with Crippen molar-refractivity contribution in [1.29, 1.82) is 5.26 Å². The van der Waals surface area contributed by atoms with Crippen LogP contribution in [0.15, 0.2) is 30.3 Å². The fourth-order valence-electron chi connectivity index (χ4n) is 1.42. The predicted molar refractivity (Wildman–Crippen MR) is 71.3 cm³/mol. The number of nitriles is 1. The van der Waals surface area contributed by atoms with E-state index in [1.807, 2.05) is 30.0 Å². The standard InChI is InChI=1S/C14H19NS/c1-3-12(2)11-16-14(9-10-15)13-7-5-4-6-8-13/h4-8,12,14H,3,9,11H2,1-2H3. The summed E-state index contributed by atoms with van der Waals surface area (Å²) in [5, 5.41) is 9.19. The smallest absolute Gasteiger partial charge is 0.0636 e. The zero-order valence-corrected chi connectivity index (χ0v) is 10.8. The molecule has 0 amide bonds. The summed E-state index contributed by atoms with van der Waals surface area (Å²) in [6.07, 6.45) is 1.81. The molecule has 0 heterocycles. The van der Waals surface area contributed by atoms with Crippen LogP contribution >= 0.6 is 11.8 Å². The van der Waals surface area contributed by atoms with E-state index in [2.05, 4.69) is 32.0 Å². The van der Waals surface area contributed by atoms with Crippen molar-refractivity contribution in [2.75, 3.05) is 5.75 Å². The van der Waals surface area contributed by atoms with Gasteiger partial charge in [-0.2, -0.15) is 17.0 Å². The number of hydrogen-bond donors (Lipinski definition) is 0. The zero-order chi connectivity index (χ0) is 11.8. The summed E-state index contributed by atoms with van der Waals surface area (Å²) >= 11 is 1.91. The van der Waals surface area contributed by atoms with Gasteiger partial charge in [-0.1, -0.05) is 50.6 Å². The summed E-state index contributed by atoms with van der Waals surface area (Å²) in [4.78, 5) is 0. The van der Waals surface area contributed by atoms with Gasteiger partial charge < -0.3 is 0 Å². The molecule has 0 radical (unpaired) electrons. The molecule has 0 spiro atoms. The minimum Gasteiger partial charge on any atom is -0.198 e. The summed E-state index contributed by atoms with van der Waals surface area (Å²) in [6.45, 7) is 4.48. The van der Waals surface area contributed by atoms with Crippen LogP contribution in [-0.4, -0.2) is 5.75 Å². The highest BCUT2D eigenvalue weighted by molar-refractivity contribution is 7.99. The van der Waals surface area contributed by atoms with Crippen molar-refractivity contribution in [3.05, 3.63) is 35.9 Å². The highest BCUT2D eigenvalue weighted by atomic mass is 32.2. The van der Waals surface area contributed by atoms with Crippen LogP contribution in [-0.2, 0) is 0 Å². The highest BCUT2D eigenvalue weighted by Gasteiger charge is 2.12. The average Bonchev–Trinajstić information content (AvgIpc) is 2.35. The number of rotatable bonds is 6. The van der Waals surface area contributed by atoms with E-state index in [-0.39, 0.29) is 0 Å². The lowest BCUT2D eigenvalue weighted by Crippen LogP contribution is -2.00. The van der Waals surface area contributed by atoms with Gasteiger partial charge in [0.25, 0.3) is 0 Å². The van der Waals surface area contributed by atoms with Gasteiger partial charge in [-0.05, 0) is 17.2 Å². The number of nitrogens with zero attached hydrogens (tertiary/aromatic N) is 1. The maximum atomic E-state index is 8.86. The largest absolute Gasteiger partial charge is 0.198 e. The number of benzene rings is 1. The first kappa shape index (κ1) is 13.1. The topological polar surface area (TPSA) is 23.8 Å². The van der Waals surface area contributed by atoms with Crippen LogP contribution in [0.5, 0.6) is 0 Å². The Kier molecular flexibility index (Phi) is 6.03. The van der Waals surface area contributed by atoms with Gasteiger partial charge in [0.2, 0.25) is 0 Å². The van der Waals surface area contributed by atoms with Gasteiger partial charge in [-0.15, -0.1) is 0 Å². The molecule has 1 nitrogen and oxygen atoms in total. The summed E-state index contributed by atoms with van der Waals surface area (Å²) in [5.41, 5.74) is 1.28. The molecule has 0 saturated heterocycles. The van der Waals surface area contributed by atoms with Crippen molar-refractivity contribution >= 4 is 11.8 Å². The molecule has 16 heavy (non-hydrogen) atoms. The Morgan fingerprint density at radius 3 is 2.56 bits per heavy atom. The Hall–Kier alpha value is -0.940. The lowest BCUT2D eigenvalue weighted by atomic mass is 10.1. The Labute approximate surface area is 103 Å². The third-order valence-corrected chi connectivity index (χ3v) is 4.33. The van der Waals surface area contributed by atoms with Gasteiger partial charge in [-0.25, -0.2) is 0 Å². The lowest BCUT2D eigenvalue weighted by molar-refractivity contribution is 0.635. The molecule has 0 aliphatic carbocycles.